The predicted molar refractivity (Wildman–Crippen MR) is 125 cm³/mol. The number of carbonyl (C=O) groups is 1. The van der Waals surface area contributed by atoms with E-state index in [4.69, 9.17) is 4.74 Å². The fraction of sp³-hybridized carbons (Fsp3) is 0.273. The summed E-state index contributed by atoms with van der Waals surface area (Å²) in [4.78, 5) is 16.6. The van der Waals surface area contributed by atoms with Crippen LogP contribution in [0.3, 0.4) is 0 Å². The predicted octanol–water partition coefficient (Wildman–Crippen LogP) is 4.50. The number of carbonyl (C=O) groups excluding carboxylic acids is 1. The molecule has 1 aromatic heterocycles. The third-order valence-corrected chi connectivity index (χ3v) is 5.69. The second-order valence-electron chi connectivity index (χ2n) is 8.10. The molecule has 0 radical (unpaired) electrons. The summed E-state index contributed by atoms with van der Waals surface area (Å²) >= 11 is 1.30. The lowest BCUT2D eigenvalue weighted by Gasteiger charge is -2.19. The second-order valence-corrected chi connectivity index (χ2v) is 10.7. The molecule has 0 saturated heterocycles. The van der Waals surface area contributed by atoms with Crippen molar-refractivity contribution in [2.45, 2.75) is 26.2 Å². The van der Waals surface area contributed by atoms with Gasteiger partial charge in [-0.05, 0) is 35.2 Å². The number of sulfonamides is 1. The average Bonchev–Trinajstić information content (AvgIpc) is 3.14. The van der Waals surface area contributed by atoms with Crippen LogP contribution in [0, 0.1) is 0 Å². The zero-order chi connectivity index (χ0) is 22.6. The third-order valence-electron chi connectivity index (χ3n) is 4.32. The number of hydrogen-bond acceptors (Lipinski definition) is 6. The van der Waals surface area contributed by atoms with Crippen LogP contribution in [0.25, 0.3) is 11.3 Å². The van der Waals surface area contributed by atoms with Gasteiger partial charge in [0.2, 0.25) is 10.0 Å². The Morgan fingerprint density at radius 3 is 2.29 bits per heavy atom. The summed E-state index contributed by atoms with van der Waals surface area (Å²) in [7, 11) is -3.32. The van der Waals surface area contributed by atoms with Gasteiger partial charge in [-0.1, -0.05) is 45.0 Å². The standard InChI is InChI=1S/C22H25N3O4S2/c1-22(2,3)16-7-11-18(12-8-16)29-13-20(26)24-21-23-19(14-30-21)15-5-9-17(10-6-15)25-31(4,27)28/h5-12,14,25H,13H2,1-4H3,(H,23,24,26). The number of aromatic nitrogens is 1. The maximum Gasteiger partial charge on any atom is 0.264 e. The van der Waals surface area contributed by atoms with Crippen LogP contribution >= 0.6 is 11.3 Å². The molecule has 9 heteroatoms. The molecule has 3 aromatic rings. The molecule has 0 aliphatic carbocycles. The first-order valence-corrected chi connectivity index (χ1v) is 12.3. The van der Waals surface area contributed by atoms with Crippen LogP contribution in [0.5, 0.6) is 5.75 Å². The van der Waals surface area contributed by atoms with Gasteiger partial charge in [0.15, 0.2) is 11.7 Å². The Balaban J connectivity index is 1.55. The van der Waals surface area contributed by atoms with E-state index in [0.29, 0.717) is 22.3 Å². The molecule has 0 fully saturated rings. The minimum Gasteiger partial charge on any atom is -0.484 e. The average molecular weight is 460 g/mol. The maximum absolute atomic E-state index is 12.2. The van der Waals surface area contributed by atoms with Gasteiger partial charge in [0.25, 0.3) is 5.91 Å². The first kappa shape index (κ1) is 22.8. The molecule has 164 valence electrons. The molecule has 1 heterocycles. The summed E-state index contributed by atoms with van der Waals surface area (Å²) in [5, 5.41) is 5.02. The fourth-order valence-electron chi connectivity index (χ4n) is 2.74. The van der Waals surface area contributed by atoms with E-state index >= 15 is 0 Å². The molecule has 0 spiro atoms. The Kier molecular flexibility index (Phi) is 6.66. The van der Waals surface area contributed by atoms with Gasteiger partial charge in [-0.25, -0.2) is 13.4 Å². The summed E-state index contributed by atoms with van der Waals surface area (Å²) in [6, 6.07) is 14.6. The van der Waals surface area contributed by atoms with Crippen molar-refractivity contribution in [2.75, 3.05) is 22.9 Å². The molecule has 31 heavy (non-hydrogen) atoms. The smallest absolute Gasteiger partial charge is 0.264 e. The molecular weight excluding hydrogens is 434 g/mol. The Labute approximate surface area is 186 Å². The van der Waals surface area contributed by atoms with Crippen molar-refractivity contribution in [3.05, 3.63) is 59.5 Å². The normalized spacial score (nSPS) is 11.7. The van der Waals surface area contributed by atoms with E-state index in [0.717, 1.165) is 11.8 Å². The number of nitrogens with one attached hydrogen (secondary N) is 2. The van der Waals surface area contributed by atoms with E-state index in [1.165, 1.54) is 16.9 Å². The number of anilines is 2. The molecule has 0 atom stereocenters. The minimum absolute atomic E-state index is 0.0585. The maximum atomic E-state index is 12.2. The first-order chi connectivity index (χ1) is 14.5. The third kappa shape index (κ3) is 6.80. The zero-order valence-electron chi connectivity index (χ0n) is 17.8. The van der Waals surface area contributed by atoms with E-state index in [2.05, 4.69) is 35.8 Å². The molecule has 0 unspecified atom stereocenters. The highest BCUT2D eigenvalue weighted by Crippen LogP contribution is 2.27. The van der Waals surface area contributed by atoms with Crippen LogP contribution in [0.2, 0.25) is 0 Å². The Morgan fingerprint density at radius 2 is 1.71 bits per heavy atom. The number of rotatable bonds is 7. The SMILES string of the molecule is CC(C)(C)c1ccc(OCC(=O)Nc2nc(-c3ccc(NS(C)(=O)=O)cc3)cs2)cc1. The lowest BCUT2D eigenvalue weighted by Crippen LogP contribution is -2.20. The number of benzene rings is 2. The van der Waals surface area contributed by atoms with Crippen LogP contribution in [0.1, 0.15) is 26.3 Å². The first-order valence-electron chi connectivity index (χ1n) is 9.56. The van der Waals surface area contributed by atoms with Gasteiger partial charge >= 0.3 is 0 Å². The van der Waals surface area contributed by atoms with Crippen molar-refractivity contribution < 1.29 is 17.9 Å². The van der Waals surface area contributed by atoms with Gasteiger partial charge in [-0.2, -0.15) is 0 Å². The van der Waals surface area contributed by atoms with E-state index in [1.54, 1.807) is 24.3 Å². The second kappa shape index (κ2) is 9.07. The quantitative estimate of drug-likeness (QED) is 0.542. The number of nitrogens with zero attached hydrogens (tertiary/aromatic N) is 1. The van der Waals surface area contributed by atoms with Crippen LogP contribution in [-0.4, -0.2) is 32.2 Å². The van der Waals surface area contributed by atoms with Gasteiger partial charge in [-0.15, -0.1) is 11.3 Å². The van der Waals surface area contributed by atoms with Crippen LogP contribution in [0.15, 0.2) is 53.9 Å². The van der Waals surface area contributed by atoms with E-state index in [9.17, 15) is 13.2 Å². The van der Waals surface area contributed by atoms with E-state index in [1.807, 2.05) is 29.6 Å². The molecule has 2 N–H and O–H groups in total. The Morgan fingerprint density at radius 1 is 1.06 bits per heavy atom. The molecule has 2 aromatic carbocycles. The van der Waals surface area contributed by atoms with Gasteiger partial charge < -0.3 is 4.74 Å². The van der Waals surface area contributed by atoms with E-state index in [-0.39, 0.29) is 17.9 Å². The molecule has 0 aliphatic heterocycles. The molecule has 1 amide bonds. The van der Waals surface area contributed by atoms with Crippen molar-refractivity contribution >= 4 is 38.1 Å². The summed E-state index contributed by atoms with van der Waals surface area (Å²) in [5.74, 6) is 0.333. The molecular formula is C22H25N3O4S2. The minimum atomic E-state index is -3.32. The largest absolute Gasteiger partial charge is 0.484 e. The Bertz CT molecular complexity index is 1150. The number of ether oxygens (including phenoxy) is 1. The van der Waals surface area contributed by atoms with Crippen molar-refractivity contribution in [1.29, 1.82) is 0 Å². The van der Waals surface area contributed by atoms with Crippen LogP contribution < -0.4 is 14.8 Å². The van der Waals surface area contributed by atoms with Crippen molar-refractivity contribution in [1.82, 2.24) is 4.98 Å². The highest BCUT2D eigenvalue weighted by molar-refractivity contribution is 7.92. The summed E-state index contributed by atoms with van der Waals surface area (Å²) in [6.45, 7) is 6.30. The molecule has 0 bridgehead atoms. The van der Waals surface area contributed by atoms with Crippen LogP contribution in [0.4, 0.5) is 10.8 Å². The Hall–Kier alpha value is -2.91. The van der Waals surface area contributed by atoms with Gasteiger partial charge in [0.1, 0.15) is 5.75 Å². The number of amides is 1. The van der Waals surface area contributed by atoms with Crippen molar-refractivity contribution in [3.8, 4) is 17.0 Å². The van der Waals surface area contributed by atoms with E-state index < -0.39 is 10.0 Å². The number of hydrogen-bond donors (Lipinski definition) is 2. The zero-order valence-corrected chi connectivity index (χ0v) is 19.4. The summed E-state index contributed by atoms with van der Waals surface area (Å²) in [6.07, 6.45) is 1.10. The highest BCUT2D eigenvalue weighted by atomic mass is 32.2. The van der Waals surface area contributed by atoms with Gasteiger partial charge in [0.05, 0.1) is 11.9 Å². The summed E-state index contributed by atoms with van der Waals surface area (Å²) < 4.78 is 30.5. The lowest BCUT2D eigenvalue weighted by atomic mass is 9.87. The molecule has 0 aliphatic rings. The molecule has 3 rings (SSSR count). The molecule has 7 nitrogen and oxygen atoms in total. The fourth-order valence-corrected chi connectivity index (χ4v) is 4.04. The summed E-state index contributed by atoms with van der Waals surface area (Å²) in [5.41, 5.74) is 3.22. The van der Waals surface area contributed by atoms with Crippen LogP contribution in [-0.2, 0) is 20.2 Å². The number of thiazole rings is 1. The van der Waals surface area contributed by atoms with Gasteiger partial charge in [0, 0.05) is 16.6 Å². The molecule has 0 saturated carbocycles. The lowest BCUT2D eigenvalue weighted by molar-refractivity contribution is -0.118. The monoisotopic (exact) mass is 459 g/mol. The van der Waals surface area contributed by atoms with Gasteiger partial charge in [-0.3, -0.25) is 14.8 Å². The topological polar surface area (TPSA) is 97.4 Å². The highest BCUT2D eigenvalue weighted by Gasteiger charge is 2.14. The van der Waals surface area contributed by atoms with Crippen molar-refractivity contribution in [3.63, 3.8) is 0 Å². The van der Waals surface area contributed by atoms with Crippen molar-refractivity contribution in [2.24, 2.45) is 0 Å².